The van der Waals surface area contributed by atoms with Crippen LogP contribution in [-0.2, 0) is 14.2 Å². The van der Waals surface area contributed by atoms with Crippen molar-refractivity contribution in [2.45, 2.75) is 89.4 Å². The molecule has 0 amide bonds. The summed E-state index contributed by atoms with van der Waals surface area (Å²) in [7, 11) is 0. The molecular weight excluding hydrogens is 372 g/mol. The molecule has 0 aromatic rings. The Kier molecular flexibility index (Phi) is 3.38. The second-order valence-electron chi connectivity index (χ2n) is 11.8. The molecule has 7 aliphatic rings. The van der Waals surface area contributed by atoms with E-state index in [4.69, 9.17) is 14.2 Å². The van der Waals surface area contributed by atoms with E-state index in [0.29, 0.717) is 13.0 Å². The highest BCUT2D eigenvalue weighted by atomic mass is 16.7. The van der Waals surface area contributed by atoms with Crippen molar-refractivity contribution in [2.75, 3.05) is 6.61 Å². The summed E-state index contributed by atoms with van der Waals surface area (Å²) in [6.07, 6.45) is 0.753. The van der Waals surface area contributed by atoms with Crippen LogP contribution >= 0.6 is 0 Å². The summed E-state index contributed by atoms with van der Waals surface area (Å²) in [5, 5.41) is 35.2. The first-order valence-electron chi connectivity index (χ1n) is 11.2. The highest BCUT2D eigenvalue weighted by Crippen LogP contribution is 2.78. The van der Waals surface area contributed by atoms with E-state index < -0.39 is 34.6 Å². The lowest BCUT2D eigenvalue weighted by Crippen LogP contribution is -2.85. The molecular formula is C23H34O6. The van der Waals surface area contributed by atoms with Crippen molar-refractivity contribution in [3.8, 4) is 0 Å². The van der Waals surface area contributed by atoms with Gasteiger partial charge >= 0.3 is 0 Å². The molecule has 0 aromatic heterocycles. The predicted octanol–water partition coefficient (Wildman–Crippen LogP) is 1.97. The molecule has 0 aromatic carbocycles. The van der Waals surface area contributed by atoms with E-state index in [1.807, 2.05) is 13.8 Å². The highest BCUT2D eigenvalue weighted by molar-refractivity contribution is 5.36. The van der Waals surface area contributed by atoms with Gasteiger partial charge in [0.05, 0.1) is 30.3 Å². The normalized spacial score (nSPS) is 61.2. The fourth-order valence-electron chi connectivity index (χ4n) is 9.09. The van der Waals surface area contributed by atoms with Gasteiger partial charge in [-0.25, -0.2) is 0 Å². The van der Waals surface area contributed by atoms with Gasteiger partial charge in [0, 0.05) is 17.3 Å². The van der Waals surface area contributed by atoms with Gasteiger partial charge in [0.1, 0.15) is 6.10 Å². The fraction of sp³-hybridized carbons (Fsp3) is 0.913. The van der Waals surface area contributed by atoms with Crippen LogP contribution in [0.2, 0.25) is 0 Å². The zero-order chi connectivity index (χ0) is 20.8. The van der Waals surface area contributed by atoms with E-state index in [9.17, 15) is 15.3 Å². The summed E-state index contributed by atoms with van der Waals surface area (Å²) in [6.45, 7) is 12.8. The van der Waals surface area contributed by atoms with Crippen molar-refractivity contribution < 1.29 is 29.5 Å². The Morgan fingerprint density at radius 3 is 2.52 bits per heavy atom. The van der Waals surface area contributed by atoms with Crippen LogP contribution in [0.4, 0.5) is 0 Å². The van der Waals surface area contributed by atoms with Gasteiger partial charge in [-0.1, -0.05) is 20.4 Å². The summed E-state index contributed by atoms with van der Waals surface area (Å²) in [6, 6.07) is 0. The predicted molar refractivity (Wildman–Crippen MR) is 103 cm³/mol. The summed E-state index contributed by atoms with van der Waals surface area (Å²) in [5.41, 5.74) is -0.964. The molecule has 10 unspecified atom stereocenters. The lowest BCUT2D eigenvalue weighted by atomic mass is 9.35. The van der Waals surface area contributed by atoms with E-state index in [1.54, 1.807) is 0 Å². The standard InChI is InChI=1S/C23H34O6/c1-11-12-8-13-15-21-10-27-23(26,22(15,9-12)17(11)24)18(25)16(21)19(2,3)7-6-14(21)29-20(4,5)28-13/h12-18,24-26H,1,6-10H2,2-5H3. The number of aliphatic hydroxyl groups is 3. The SMILES string of the molecule is C=C1C2CC3OC(C)(C)OC4CCC(C)(C)C5C(O)C6(O)OCC45C3C6(C2)C1O. The zero-order valence-corrected chi connectivity index (χ0v) is 17.9. The molecule has 4 bridgehead atoms. The van der Waals surface area contributed by atoms with Gasteiger partial charge in [-0.2, -0.15) is 0 Å². The molecule has 3 heterocycles. The first-order valence-corrected chi connectivity index (χ1v) is 11.2. The maximum absolute atomic E-state index is 12.0. The van der Waals surface area contributed by atoms with Gasteiger partial charge < -0.3 is 29.5 Å². The van der Waals surface area contributed by atoms with Crippen LogP contribution in [0, 0.1) is 34.0 Å². The molecule has 4 saturated carbocycles. The number of hydrogen-bond donors (Lipinski definition) is 3. The molecule has 29 heavy (non-hydrogen) atoms. The monoisotopic (exact) mass is 406 g/mol. The maximum Gasteiger partial charge on any atom is 0.201 e. The smallest absolute Gasteiger partial charge is 0.201 e. The fourth-order valence-corrected chi connectivity index (χ4v) is 9.09. The summed E-state index contributed by atoms with van der Waals surface area (Å²) in [4.78, 5) is 0. The Balaban J connectivity index is 1.67. The Hall–Kier alpha value is -0.500. The minimum absolute atomic E-state index is 0.0456. The van der Waals surface area contributed by atoms with Gasteiger partial charge in [0.2, 0.25) is 5.79 Å². The van der Waals surface area contributed by atoms with Crippen LogP contribution in [-0.4, -0.2) is 57.9 Å². The highest BCUT2D eigenvalue weighted by Gasteiger charge is 2.86. The van der Waals surface area contributed by atoms with Gasteiger partial charge in [-0.15, -0.1) is 0 Å². The minimum Gasteiger partial charge on any atom is -0.388 e. The average molecular weight is 407 g/mol. The Bertz CT molecular complexity index is 792. The van der Waals surface area contributed by atoms with Gasteiger partial charge in [-0.05, 0) is 56.4 Å². The summed E-state index contributed by atoms with van der Waals surface area (Å²) >= 11 is 0. The minimum atomic E-state index is -1.81. The molecule has 4 aliphatic carbocycles. The van der Waals surface area contributed by atoms with Gasteiger partial charge in [-0.3, -0.25) is 0 Å². The number of ether oxygens (including phenoxy) is 3. The molecule has 6 nitrogen and oxygen atoms in total. The second kappa shape index (κ2) is 5.11. The van der Waals surface area contributed by atoms with Crippen molar-refractivity contribution >= 4 is 0 Å². The van der Waals surface area contributed by atoms with Crippen molar-refractivity contribution in [3.05, 3.63) is 12.2 Å². The van der Waals surface area contributed by atoms with Crippen molar-refractivity contribution in [3.63, 3.8) is 0 Å². The number of rotatable bonds is 0. The molecule has 7 fully saturated rings. The third kappa shape index (κ3) is 1.84. The van der Waals surface area contributed by atoms with Crippen molar-refractivity contribution in [1.29, 1.82) is 0 Å². The quantitative estimate of drug-likeness (QED) is 0.533. The van der Waals surface area contributed by atoms with Crippen LogP contribution in [0.5, 0.6) is 0 Å². The molecule has 6 heteroatoms. The largest absolute Gasteiger partial charge is 0.388 e. The topological polar surface area (TPSA) is 88.4 Å². The van der Waals surface area contributed by atoms with Crippen LogP contribution in [0.1, 0.15) is 53.4 Å². The first-order chi connectivity index (χ1) is 13.4. The van der Waals surface area contributed by atoms with Gasteiger partial charge in [0.25, 0.3) is 0 Å². The van der Waals surface area contributed by atoms with Crippen LogP contribution in [0.25, 0.3) is 0 Å². The zero-order valence-electron chi connectivity index (χ0n) is 17.9. The average Bonchev–Trinajstić information content (AvgIpc) is 2.75. The Morgan fingerprint density at radius 1 is 1.07 bits per heavy atom. The molecule has 3 aliphatic heterocycles. The summed E-state index contributed by atoms with van der Waals surface area (Å²) in [5.74, 6) is -2.88. The molecule has 2 spiro atoms. The number of aliphatic hydroxyl groups excluding tert-OH is 2. The number of fused-ring (bicyclic) bond motifs is 2. The maximum atomic E-state index is 12.0. The third-order valence-corrected chi connectivity index (χ3v) is 9.83. The molecule has 10 atom stereocenters. The molecule has 3 N–H and O–H groups in total. The molecule has 7 rings (SSSR count). The van der Waals surface area contributed by atoms with Crippen molar-refractivity contribution in [2.24, 2.45) is 34.0 Å². The molecule has 0 radical (unpaired) electrons. The van der Waals surface area contributed by atoms with E-state index >= 15 is 0 Å². The lowest BCUT2D eigenvalue weighted by Gasteiger charge is -2.75. The van der Waals surface area contributed by atoms with E-state index in [-0.39, 0.29) is 35.4 Å². The Labute approximate surface area is 172 Å². The molecule has 162 valence electrons. The third-order valence-electron chi connectivity index (χ3n) is 9.83. The van der Waals surface area contributed by atoms with Crippen LogP contribution in [0.15, 0.2) is 12.2 Å². The van der Waals surface area contributed by atoms with Crippen LogP contribution in [0.3, 0.4) is 0 Å². The first kappa shape index (κ1) is 19.2. The Morgan fingerprint density at radius 2 is 1.79 bits per heavy atom. The lowest BCUT2D eigenvalue weighted by molar-refractivity contribution is -0.468. The van der Waals surface area contributed by atoms with Crippen LogP contribution < -0.4 is 0 Å². The number of hydrogen-bond acceptors (Lipinski definition) is 6. The van der Waals surface area contributed by atoms with E-state index in [0.717, 1.165) is 24.8 Å². The second-order valence-corrected chi connectivity index (χ2v) is 11.8. The van der Waals surface area contributed by atoms with E-state index in [1.165, 1.54) is 0 Å². The molecule has 3 saturated heterocycles. The van der Waals surface area contributed by atoms with E-state index in [2.05, 4.69) is 20.4 Å². The van der Waals surface area contributed by atoms with Crippen molar-refractivity contribution in [1.82, 2.24) is 0 Å². The summed E-state index contributed by atoms with van der Waals surface area (Å²) < 4.78 is 19.4. The van der Waals surface area contributed by atoms with Gasteiger partial charge in [0.15, 0.2) is 5.79 Å².